The van der Waals surface area contributed by atoms with Crippen molar-refractivity contribution in [1.82, 2.24) is 9.97 Å². The van der Waals surface area contributed by atoms with Gasteiger partial charge in [-0.05, 0) is 30.9 Å². The number of nitrogens with one attached hydrogen (secondary N) is 3. The molecular weight excluding hydrogens is 406 g/mol. The van der Waals surface area contributed by atoms with E-state index >= 15 is 0 Å². The van der Waals surface area contributed by atoms with Gasteiger partial charge in [0.1, 0.15) is 23.4 Å². The summed E-state index contributed by atoms with van der Waals surface area (Å²) in [6, 6.07) is 5.33. The van der Waals surface area contributed by atoms with Gasteiger partial charge in [-0.1, -0.05) is 11.6 Å². The number of nitrogens with two attached hydrogens (primary N) is 1. The van der Waals surface area contributed by atoms with Crippen molar-refractivity contribution < 1.29 is 14.3 Å². The van der Waals surface area contributed by atoms with Gasteiger partial charge in [-0.25, -0.2) is 4.98 Å². The molecule has 1 aliphatic heterocycles. The van der Waals surface area contributed by atoms with Crippen molar-refractivity contribution in [2.24, 2.45) is 11.7 Å². The van der Waals surface area contributed by atoms with E-state index in [1.807, 2.05) is 18.2 Å². The van der Waals surface area contributed by atoms with Gasteiger partial charge in [0.25, 0.3) is 0 Å². The first-order valence-electron chi connectivity index (χ1n) is 9.87. The molecule has 0 bridgehead atoms. The van der Waals surface area contributed by atoms with Crippen molar-refractivity contribution in [3.8, 4) is 22.9 Å². The Morgan fingerprint density at radius 3 is 2.93 bits per heavy atom. The van der Waals surface area contributed by atoms with Crippen molar-refractivity contribution >= 4 is 39.8 Å². The second-order valence-electron chi connectivity index (χ2n) is 7.62. The third-order valence-electron chi connectivity index (χ3n) is 5.53. The Labute approximate surface area is 178 Å². The zero-order valence-electron chi connectivity index (χ0n) is 16.4. The van der Waals surface area contributed by atoms with Gasteiger partial charge in [0.15, 0.2) is 0 Å². The van der Waals surface area contributed by atoms with Gasteiger partial charge in [-0.3, -0.25) is 4.79 Å². The molecular formula is C21H22ClN5O3. The lowest BCUT2D eigenvalue weighted by Crippen LogP contribution is -2.37. The maximum atomic E-state index is 11.9. The highest BCUT2D eigenvalue weighted by molar-refractivity contribution is 6.32. The Morgan fingerprint density at radius 2 is 2.23 bits per heavy atom. The first-order valence-corrected chi connectivity index (χ1v) is 10.2. The molecule has 1 saturated carbocycles. The van der Waals surface area contributed by atoms with E-state index in [0.717, 1.165) is 52.1 Å². The number of methoxy groups -OCH3 is 1. The number of aromatic nitrogens is 2. The van der Waals surface area contributed by atoms with Crippen LogP contribution in [-0.2, 0) is 4.79 Å². The van der Waals surface area contributed by atoms with Crippen LogP contribution in [-0.4, -0.2) is 42.2 Å². The summed E-state index contributed by atoms with van der Waals surface area (Å²) in [5.74, 6) is 1.08. The average Bonchev–Trinajstić information content (AvgIpc) is 3.52. The van der Waals surface area contributed by atoms with Gasteiger partial charge in [0.2, 0.25) is 11.8 Å². The monoisotopic (exact) mass is 427 g/mol. The number of amides is 1. The van der Waals surface area contributed by atoms with Crippen LogP contribution in [0.15, 0.2) is 24.4 Å². The number of carbonyl (C=O) groups excluding carboxylic acids is 1. The summed E-state index contributed by atoms with van der Waals surface area (Å²) >= 11 is 6.30. The number of pyridine rings is 1. The summed E-state index contributed by atoms with van der Waals surface area (Å²) in [4.78, 5) is 19.6. The van der Waals surface area contributed by atoms with Crippen molar-refractivity contribution in [2.75, 3.05) is 30.9 Å². The summed E-state index contributed by atoms with van der Waals surface area (Å²) in [6.45, 7) is 1.18. The summed E-state index contributed by atoms with van der Waals surface area (Å²) in [5.41, 5.74) is 9.89. The minimum absolute atomic E-state index is 0.294. The zero-order valence-corrected chi connectivity index (χ0v) is 17.2. The van der Waals surface area contributed by atoms with Crippen molar-refractivity contribution in [2.45, 2.75) is 18.9 Å². The number of aromatic amines is 1. The predicted molar refractivity (Wildman–Crippen MR) is 116 cm³/mol. The first kappa shape index (κ1) is 18.9. The number of nitrogens with zero attached hydrogens (tertiary/aromatic N) is 1. The van der Waals surface area contributed by atoms with E-state index in [0.29, 0.717) is 30.0 Å². The average molecular weight is 428 g/mol. The van der Waals surface area contributed by atoms with Gasteiger partial charge in [0, 0.05) is 30.1 Å². The van der Waals surface area contributed by atoms with Gasteiger partial charge >= 0.3 is 0 Å². The Hall–Kier alpha value is -3.13. The van der Waals surface area contributed by atoms with E-state index in [1.54, 1.807) is 6.20 Å². The number of primary amides is 1. The van der Waals surface area contributed by atoms with Crippen molar-refractivity contribution in [3.63, 3.8) is 0 Å². The molecule has 1 fully saturated rings. The largest absolute Gasteiger partial charge is 0.491 e. The number of hydrogen-bond donors (Lipinski definition) is 4. The molecule has 2 aromatic heterocycles. The van der Waals surface area contributed by atoms with E-state index in [2.05, 4.69) is 20.6 Å². The minimum atomic E-state index is -0.378. The van der Waals surface area contributed by atoms with Crippen molar-refractivity contribution in [1.29, 1.82) is 0 Å². The Balaban J connectivity index is 1.61. The number of anilines is 2. The second kappa shape index (κ2) is 7.28. The van der Waals surface area contributed by atoms with Crippen LogP contribution in [0.1, 0.15) is 12.8 Å². The minimum Gasteiger partial charge on any atom is -0.491 e. The Bertz CT molecular complexity index is 1140. The summed E-state index contributed by atoms with van der Waals surface area (Å²) in [5, 5.41) is 8.12. The van der Waals surface area contributed by atoms with E-state index < -0.39 is 0 Å². The zero-order chi connectivity index (χ0) is 20.8. The van der Waals surface area contributed by atoms with Crippen LogP contribution in [0, 0.1) is 5.92 Å². The number of carbonyl (C=O) groups is 1. The lowest BCUT2D eigenvalue weighted by Gasteiger charge is -2.17. The highest BCUT2D eigenvalue weighted by Crippen LogP contribution is 2.44. The predicted octanol–water partition coefficient (Wildman–Crippen LogP) is 3.37. The van der Waals surface area contributed by atoms with Crippen LogP contribution in [0.2, 0.25) is 5.02 Å². The lowest BCUT2D eigenvalue weighted by atomic mass is 10.1. The Morgan fingerprint density at radius 1 is 1.40 bits per heavy atom. The fourth-order valence-electron chi connectivity index (χ4n) is 3.96. The van der Waals surface area contributed by atoms with Crippen LogP contribution in [0.25, 0.3) is 22.2 Å². The number of ether oxygens (including phenoxy) is 2. The quantitative estimate of drug-likeness (QED) is 0.479. The van der Waals surface area contributed by atoms with Crippen LogP contribution in [0.4, 0.5) is 11.4 Å². The third-order valence-corrected chi connectivity index (χ3v) is 5.81. The molecule has 2 aliphatic rings. The number of H-pyrrole nitrogens is 1. The van der Waals surface area contributed by atoms with Gasteiger partial charge in [-0.2, -0.15) is 0 Å². The molecule has 1 aliphatic carbocycles. The summed E-state index contributed by atoms with van der Waals surface area (Å²) in [6.07, 6.45) is 3.74. The molecule has 0 radical (unpaired) electrons. The summed E-state index contributed by atoms with van der Waals surface area (Å²) < 4.78 is 11.2. The smallest absolute Gasteiger partial charge is 0.240 e. The number of rotatable bonds is 6. The molecule has 0 saturated heterocycles. The third kappa shape index (κ3) is 3.27. The van der Waals surface area contributed by atoms with Crippen LogP contribution < -0.4 is 25.8 Å². The fourth-order valence-corrected chi connectivity index (χ4v) is 4.21. The molecule has 1 aromatic carbocycles. The molecule has 9 heteroatoms. The molecule has 1 amide bonds. The standard InChI is InChI=1S/C21H22ClN5O3/c1-29-21-13(22)6-11(9-25-21)17-19-16-14(27-17)7-12(8-15(16)30-5-4-24-19)26-18(20(23)28)10-2-3-10/h6-10,18,24,26-27H,2-5H2,1H3,(H2,23,28)/t18-/m0/s1. The fraction of sp³-hybridized carbons (Fsp3) is 0.333. The molecule has 8 nitrogen and oxygen atoms in total. The van der Waals surface area contributed by atoms with Gasteiger partial charge in [-0.15, -0.1) is 0 Å². The van der Waals surface area contributed by atoms with E-state index in [1.165, 1.54) is 7.11 Å². The number of halogens is 1. The van der Waals surface area contributed by atoms with E-state index in [9.17, 15) is 4.79 Å². The molecule has 0 unspecified atom stereocenters. The molecule has 5 N–H and O–H groups in total. The molecule has 30 heavy (non-hydrogen) atoms. The SMILES string of the molecule is COc1ncc(-c2[nH]c3cc(N[C@H](C(N)=O)C4CC4)cc4c3c2NCCO4)cc1Cl. The highest BCUT2D eigenvalue weighted by Gasteiger charge is 2.35. The van der Waals surface area contributed by atoms with Crippen LogP contribution >= 0.6 is 11.6 Å². The molecule has 0 spiro atoms. The van der Waals surface area contributed by atoms with E-state index in [4.69, 9.17) is 26.8 Å². The first-order chi connectivity index (χ1) is 14.5. The number of benzene rings is 1. The van der Waals surface area contributed by atoms with E-state index in [-0.39, 0.29) is 11.9 Å². The second-order valence-corrected chi connectivity index (χ2v) is 8.03. The van der Waals surface area contributed by atoms with Crippen molar-refractivity contribution in [3.05, 3.63) is 29.4 Å². The summed E-state index contributed by atoms with van der Waals surface area (Å²) in [7, 11) is 1.53. The molecule has 156 valence electrons. The van der Waals surface area contributed by atoms with Crippen LogP contribution in [0.3, 0.4) is 0 Å². The van der Waals surface area contributed by atoms with Crippen LogP contribution in [0.5, 0.6) is 11.6 Å². The highest BCUT2D eigenvalue weighted by atomic mass is 35.5. The number of hydrogen-bond acceptors (Lipinski definition) is 6. The van der Waals surface area contributed by atoms with Gasteiger partial charge in [0.05, 0.1) is 29.4 Å². The topological polar surface area (TPSA) is 114 Å². The molecule has 3 heterocycles. The molecule has 3 aromatic rings. The lowest BCUT2D eigenvalue weighted by molar-refractivity contribution is -0.119. The maximum absolute atomic E-state index is 11.9. The molecule has 1 atom stereocenters. The van der Waals surface area contributed by atoms with Gasteiger partial charge < -0.3 is 30.8 Å². The maximum Gasteiger partial charge on any atom is 0.240 e. The Kier molecular flexibility index (Phi) is 4.58. The molecule has 5 rings (SSSR count). The normalized spacial score (nSPS) is 16.3.